The summed E-state index contributed by atoms with van der Waals surface area (Å²) >= 11 is 0. The molecule has 1 unspecified atom stereocenters. The van der Waals surface area contributed by atoms with Gasteiger partial charge in [-0.25, -0.2) is 5.01 Å². The largest absolute Gasteiger partial charge is 0.307 e. The summed E-state index contributed by atoms with van der Waals surface area (Å²) in [5, 5.41) is 5.61. The summed E-state index contributed by atoms with van der Waals surface area (Å²) in [7, 11) is 2.45. The number of allylic oxidation sites excluding steroid dienone is 2. The second kappa shape index (κ2) is 17.0. The van der Waals surface area contributed by atoms with Crippen LogP contribution in [0.2, 0.25) is 0 Å². The maximum atomic E-state index is 2.86. The van der Waals surface area contributed by atoms with Crippen molar-refractivity contribution in [1.29, 1.82) is 0 Å². The van der Waals surface area contributed by atoms with Gasteiger partial charge in [0.05, 0.1) is 0 Å². The molecule has 0 saturated heterocycles. The third-order valence-corrected chi connectivity index (χ3v) is 8.40. The summed E-state index contributed by atoms with van der Waals surface area (Å²) in [6, 6.07) is 1.34. The smallest absolute Gasteiger partial charge is 0.0453 e. The Balaban J connectivity index is 2.24. The maximum Gasteiger partial charge on any atom is 0.0453 e. The van der Waals surface area contributed by atoms with E-state index in [-0.39, 0.29) is 0 Å². The fourth-order valence-corrected chi connectivity index (χ4v) is 6.25. The van der Waals surface area contributed by atoms with Gasteiger partial charge in [-0.1, -0.05) is 116 Å². The van der Waals surface area contributed by atoms with E-state index in [1.54, 1.807) is 5.70 Å². The van der Waals surface area contributed by atoms with Crippen LogP contribution in [0.4, 0.5) is 0 Å². The highest BCUT2D eigenvalue weighted by Crippen LogP contribution is 2.32. The standard InChI is InChI=1S/C30H58N2/c1-5-7-24-29(21-6-2)32(30-25-19-15-9-8-10-16-20-26-30)31(4)27(3)28-22-17-13-11-12-14-18-23-28/h24,27-28,30H,5-23,25-26H2,1-4H3/b29-24+. The van der Waals surface area contributed by atoms with E-state index in [4.69, 9.17) is 0 Å². The summed E-state index contributed by atoms with van der Waals surface area (Å²) in [5.41, 5.74) is 1.63. The van der Waals surface area contributed by atoms with Crippen LogP contribution in [0, 0.1) is 5.92 Å². The predicted octanol–water partition coefficient (Wildman–Crippen LogP) is 9.65. The fraction of sp³-hybridized carbons (Fsp3) is 0.933. The molecule has 0 aromatic carbocycles. The maximum absolute atomic E-state index is 2.86. The Hall–Kier alpha value is -0.500. The Kier molecular flexibility index (Phi) is 14.7. The molecular weight excluding hydrogens is 388 g/mol. The van der Waals surface area contributed by atoms with Gasteiger partial charge in [0.15, 0.2) is 0 Å². The minimum Gasteiger partial charge on any atom is -0.307 e. The van der Waals surface area contributed by atoms with Crippen LogP contribution in [-0.2, 0) is 0 Å². The van der Waals surface area contributed by atoms with Gasteiger partial charge in [-0.05, 0) is 51.4 Å². The van der Waals surface area contributed by atoms with Crippen LogP contribution in [0.25, 0.3) is 0 Å². The molecule has 0 aromatic heterocycles. The van der Waals surface area contributed by atoms with E-state index in [0.29, 0.717) is 12.1 Å². The van der Waals surface area contributed by atoms with Crippen LogP contribution in [0.3, 0.4) is 0 Å². The summed E-state index contributed by atoms with van der Waals surface area (Å²) in [5.74, 6) is 0.856. The Morgan fingerprint density at radius 3 is 1.66 bits per heavy atom. The molecule has 0 amide bonds. The highest BCUT2D eigenvalue weighted by Gasteiger charge is 2.30. The van der Waals surface area contributed by atoms with Crippen molar-refractivity contribution < 1.29 is 0 Å². The Morgan fingerprint density at radius 1 is 0.719 bits per heavy atom. The number of hydrogen-bond donors (Lipinski definition) is 0. The van der Waals surface area contributed by atoms with E-state index in [1.807, 2.05) is 0 Å². The Morgan fingerprint density at radius 2 is 1.19 bits per heavy atom. The topological polar surface area (TPSA) is 6.48 Å². The van der Waals surface area contributed by atoms with Crippen LogP contribution in [0.1, 0.15) is 156 Å². The fourth-order valence-electron chi connectivity index (χ4n) is 6.25. The first kappa shape index (κ1) is 27.7. The van der Waals surface area contributed by atoms with Crippen LogP contribution in [-0.4, -0.2) is 29.1 Å². The van der Waals surface area contributed by atoms with Crippen molar-refractivity contribution in [3.05, 3.63) is 11.8 Å². The number of hydrazine groups is 1. The molecule has 0 aromatic rings. The number of rotatable bonds is 9. The van der Waals surface area contributed by atoms with Gasteiger partial charge in [0.1, 0.15) is 0 Å². The minimum absolute atomic E-state index is 0.644. The van der Waals surface area contributed by atoms with Crippen molar-refractivity contribution in [2.24, 2.45) is 5.92 Å². The molecule has 2 aliphatic carbocycles. The normalized spacial score (nSPS) is 22.7. The van der Waals surface area contributed by atoms with E-state index in [9.17, 15) is 0 Å². The second-order valence-electron chi connectivity index (χ2n) is 11.1. The lowest BCUT2D eigenvalue weighted by molar-refractivity contribution is -0.0637. The molecule has 0 heterocycles. The van der Waals surface area contributed by atoms with Crippen molar-refractivity contribution in [3.8, 4) is 0 Å². The van der Waals surface area contributed by atoms with Gasteiger partial charge in [0.2, 0.25) is 0 Å². The molecule has 188 valence electrons. The zero-order valence-corrected chi connectivity index (χ0v) is 22.6. The first-order chi connectivity index (χ1) is 15.7. The quantitative estimate of drug-likeness (QED) is 0.325. The minimum atomic E-state index is 0.644. The molecule has 0 N–H and O–H groups in total. The average molecular weight is 447 g/mol. The van der Waals surface area contributed by atoms with Crippen LogP contribution >= 0.6 is 0 Å². The molecule has 2 saturated carbocycles. The van der Waals surface area contributed by atoms with Crippen molar-refractivity contribution in [1.82, 2.24) is 10.0 Å². The van der Waals surface area contributed by atoms with E-state index >= 15 is 0 Å². The van der Waals surface area contributed by atoms with E-state index < -0.39 is 0 Å². The number of nitrogens with zero attached hydrogens (tertiary/aromatic N) is 2. The van der Waals surface area contributed by atoms with Gasteiger partial charge in [-0.15, -0.1) is 0 Å². The van der Waals surface area contributed by atoms with E-state index in [2.05, 4.69) is 43.9 Å². The van der Waals surface area contributed by atoms with E-state index in [0.717, 1.165) is 5.92 Å². The van der Waals surface area contributed by atoms with Crippen molar-refractivity contribution in [2.45, 2.75) is 168 Å². The van der Waals surface area contributed by atoms with Crippen molar-refractivity contribution in [3.63, 3.8) is 0 Å². The summed E-state index contributed by atoms with van der Waals surface area (Å²) in [6.07, 6.45) is 32.0. The van der Waals surface area contributed by atoms with E-state index in [1.165, 1.54) is 135 Å². The van der Waals surface area contributed by atoms with Crippen LogP contribution in [0.5, 0.6) is 0 Å². The molecule has 0 bridgehead atoms. The zero-order chi connectivity index (χ0) is 23.0. The van der Waals surface area contributed by atoms with Gasteiger partial charge in [0.25, 0.3) is 0 Å². The first-order valence-corrected chi connectivity index (χ1v) is 14.9. The van der Waals surface area contributed by atoms with Crippen molar-refractivity contribution >= 4 is 0 Å². The highest BCUT2D eigenvalue weighted by atomic mass is 15.6. The molecule has 2 rings (SSSR count). The lowest BCUT2D eigenvalue weighted by atomic mass is 9.90. The van der Waals surface area contributed by atoms with Crippen LogP contribution < -0.4 is 0 Å². The SMILES string of the molecule is CCC/C=C(\CCC)N(C1CCCCCCCCC1)N(C)C(C)C1CCCCCCCC1. The third-order valence-electron chi connectivity index (χ3n) is 8.40. The summed E-state index contributed by atoms with van der Waals surface area (Å²) in [6.45, 7) is 7.25. The van der Waals surface area contributed by atoms with Gasteiger partial charge in [-0.2, -0.15) is 0 Å². The molecule has 1 atom stereocenters. The Labute approximate surface area is 202 Å². The molecule has 2 aliphatic rings. The monoisotopic (exact) mass is 446 g/mol. The molecular formula is C30H58N2. The molecule has 32 heavy (non-hydrogen) atoms. The number of hydrogen-bond acceptors (Lipinski definition) is 2. The molecule has 0 spiro atoms. The average Bonchev–Trinajstić information content (AvgIpc) is 2.95. The molecule has 0 aliphatic heterocycles. The van der Waals surface area contributed by atoms with Gasteiger partial charge >= 0.3 is 0 Å². The first-order valence-electron chi connectivity index (χ1n) is 14.9. The van der Waals surface area contributed by atoms with Gasteiger partial charge in [0, 0.05) is 24.8 Å². The lowest BCUT2D eigenvalue weighted by Gasteiger charge is -2.47. The predicted molar refractivity (Wildman–Crippen MR) is 143 cm³/mol. The molecule has 2 heteroatoms. The van der Waals surface area contributed by atoms with Gasteiger partial charge in [-0.3, -0.25) is 0 Å². The highest BCUT2D eigenvalue weighted by molar-refractivity contribution is 5.03. The molecule has 2 fully saturated rings. The number of unbranched alkanes of at least 4 members (excludes halogenated alkanes) is 1. The Bertz CT molecular complexity index is 465. The summed E-state index contributed by atoms with van der Waals surface area (Å²) < 4.78 is 0. The van der Waals surface area contributed by atoms with Crippen molar-refractivity contribution in [2.75, 3.05) is 7.05 Å². The molecule has 2 nitrogen and oxygen atoms in total. The van der Waals surface area contributed by atoms with Crippen LogP contribution in [0.15, 0.2) is 11.8 Å². The second-order valence-corrected chi connectivity index (χ2v) is 11.1. The lowest BCUT2D eigenvalue weighted by Crippen LogP contribution is -2.52. The zero-order valence-electron chi connectivity index (χ0n) is 22.6. The third kappa shape index (κ3) is 9.78. The van der Waals surface area contributed by atoms with Gasteiger partial charge < -0.3 is 5.01 Å². The summed E-state index contributed by atoms with van der Waals surface area (Å²) in [4.78, 5) is 0. The molecule has 0 radical (unpaired) electrons.